The van der Waals surface area contributed by atoms with Crippen molar-refractivity contribution in [1.29, 1.82) is 0 Å². The molecule has 1 aromatic rings. The van der Waals surface area contributed by atoms with E-state index in [4.69, 9.17) is 9.84 Å². The van der Waals surface area contributed by atoms with Crippen LogP contribution in [0.5, 0.6) is 11.5 Å². The number of carboxylic acids is 1. The molecule has 0 amide bonds. The van der Waals surface area contributed by atoms with Crippen molar-refractivity contribution in [3.05, 3.63) is 23.3 Å². The van der Waals surface area contributed by atoms with E-state index in [0.29, 0.717) is 18.6 Å². The number of hydrogen-bond donors (Lipinski definition) is 4. The van der Waals surface area contributed by atoms with Gasteiger partial charge in [-0.15, -0.1) is 12.4 Å². The van der Waals surface area contributed by atoms with Crippen LogP contribution in [0.1, 0.15) is 63.0 Å². The molecule has 3 aliphatic carbocycles. The number of aliphatic hydroxyl groups is 2. The molecule has 1 spiro atoms. The van der Waals surface area contributed by atoms with Gasteiger partial charge in [-0.05, 0) is 62.6 Å². The predicted octanol–water partition coefficient (Wildman–Crippen LogP) is 2.61. The smallest absolute Gasteiger partial charge is 0.303 e. The molecule has 5 atom stereocenters. The normalized spacial score (nSPS) is 36.5. The molecule has 0 radical (unpaired) electrons. The Hall–Kier alpha value is -1.54. The first-order chi connectivity index (χ1) is 14.8. The Bertz CT molecular complexity index is 891. The summed E-state index contributed by atoms with van der Waals surface area (Å²) in [5.74, 6) is 0.675. The summed E-state index contributed by atoms with van der Waals surface area (Å²) in [6, 6.07) is 3.80. The second-order valence-electron chi connectivity index (χ2n) is 10.00. The molecule has 32 heavy (non-hydrogen) atoms. The zero-order valence-corrected chi connectivity index (χ0v) is 19.3. The molecule has 0 aromatic heterocycles. The highest BCUT2D eigenvalue weighted by Crippen LogP contribution is 2.65. The fraction of sp³-hybridized carbons (Fsp3) is 0.708. The highest BCUT2D eigenvalue weighted by Gasteiger charge is 2.72. The Morgan fingerprint density at radius 3 is 2.59 bits per heavy atom. The zero-order chi connectivity index (χ0) is 22.0. The van der Waals surface area contributed by atoms with Crippen LogP contribution in [0.4, 0.5) is 0 Å². The summed E-state index contributed by atoms with van der Waals surface area (Å²) in [6.45, 7) is 3.62. The summed E-state index contributed by atoms with van der Waals surface area (Å²) in [7, 11) is 0. The van der Waals surface area contributed by atoms with E-state index in [1.807, 2.05) is 6.07 Å². The van der Waals surface area contributed by atoms with Crippen molar-refractivity contribution in [2.75, 3.05) is 13.1 Å². The Kier molecular flexibility index (Phi) is 6.16. The number of carbonyl (C=O) groups is 1. The standard InChI is InChI=1S/C21H27NO4.C3H6O2.ClH/c23-14-5-4-13-10-16-21(25)7-6-15(24)19-20(21,17(13)18(14)26-19)8-9-22(16)11-12-2-1-3-12;1-2-3(4)5;/h4-5,12,15-16,19,23-25H,1-3,6-11H2;2H2,1H3,(H,4,5);1H/t15-,16+,19-,20-,21+;;/m0../s1. The minimum atomic E-state index is -0.884. The highest BCUT2D eigenvalue weighted by molar-refractivity contribution is 5.85. The van der Waals surface area contributed by atoms with E-state index in [-0.39, 0.29) is 30.6 Å². The number of piperidine rings is 1. The first-order valence-electron chi connectivity index (χ1n) is 11.7. The summed E-state index contributed by atoms with van der Waals surface area (Å²) in [6.07, 6.45) is 5.90. The molecule has 6 rings (SSSR count). The third kappa shape index (κ3) is 3.16. The molecule has 2 saturated carbocycles. The van der Waals surface area contributed by atoms with Crippen molar-refractivity contribution in [3.8, 4) is 11.5 Å². The maximum atomic E-state index is 12.1. The summed E-state index contributed by atoms with van der Waals surface area (Å²) in [5, 5.41) is 40.9. The Morgan fingerprint density at radius 1 is 1.25 bits per heavy atom. The number of nitrogens with zero attached hydrogens (tertiary/aromatic N) is 1. The molecule has 1 aromatic carbocycles. The lowest BCUT2D eigenvalue weighted by Crippen LogP contribution is -2.77. The van der Waals surface area contributed by atoms with Gasteiger partial charge in [-0.3, -0.25) is 9.69 Å². The first kappa shape index (κ1) is 23.6. The van der Waals surface area contributed by atoms with E-state index >= 15 is 0 Å². The number of benzene rings is 1. The molecule has 7 nitrogen and oxygen atoms in total. The van der Waals surface area contributed by atoms with Gasteiger partial charge >= 0.3 is 5.97 Å². The molecular formula is C24H34ClNO6. The largest absolute Gasteiger partial charge is 0.504 e. The minimum absolute atomic E-state index is 0. The number of aliphatic carboxylic acids is 1. The van der Waals surface area contributed by atoms with Crippen molar-refractivity contribution < 1.29 is 30.0 Å². The molecule has 3 fully saturated rings. The van der Waals surface area contributed by atoms with E-state index in [1.54, 1.807) is 13.0 Å². The topological polar surface area (TPSA) is 110 Å². The van der Waals surface area contributed by atoms with Gasteiger partial charge in [0.25, 0.3) is 0 Å². The maximum absolute atomic E-state index is 12.1. The third-order valence-corrected chi connectivity index (χ3v) is 8.56. The van der Waals surface area contributed by atoms with Gasteiger partial charge in [0, 0.05) is 24.6 Å². The number of phenolic OH excluding ortho intramolecular Hbond substituents is 1. The lowest BCUT2D eigenvalue weighted by molar-refractivity contribution is -0.209. The van der Waals surface area contributed by atoms with Crippen molar-refractivity contribution in [2.24, 2.45) is 5.92 Å². The minimum Gasteiger partial charge on any atom is -0.504 e. The van der Waals surface area contributed by atoms with Gasteiger partial charge in [-0.25, -0.2) is 0 Å². The van der Waals surface area contributed by atoms with Crippen molar-refractivity contribution in [1.82, 2.24) is 4.90 Å². The monoisotopic (exact) mass is 467 g/mol. The Labute approximate surface area is 194 Å². The van der Waals surface area contributed by atoms with Crippen molar-refractivity contribution >= 4 is 18.4 Å². The number of rotatable bonds is 3. The fourth-order valence-electron chi connectivity index (χ4n) is 6.83. The molecule has 2 bridgehead atoms. The van der Waals surface area contributed by atoms with Crippen LogP contribution in [0.3, 0.4) is 0 Å². The molecule has 178 valence electrons. The van der Waals surface area contributed by atoms with Crippen LogP contribution in [0.15, 0.2) is 12.1 Å². The molecule has 0 unspecified atom stereocenters. The summed E-state index contributed by atoms with van der Waals surface area (Å²) >= 11 is 0. The molecule has 2 aliphatic heterocycles. The molecule has 5 aliphatic rings. The lowest BCUT2D eigenvalue weighted by atomic mass is 9.48. The van der Waals surface area contributed by atoms with Gasteiger partial charge in [-0.1, -0.05) is 19.4 Å². The molecule has 8 heteroatoms. The summed E-state index contributed by atoms with van der Waals surface area (Å²) < 4.78 is 6.16. The van der Waals surface area contributed by atoms with E-state index in [2.05, 4.69) is 4.90 Å². The van der Waals surface area contributed by atoms with Crippen LogP contribution in [0.2, 0.25) is 0 Å². The third-order valence-electron chi connectivity index (χ3n) is 8.56. The number of likely N-dealkylation sites (tertiary alicyclic amines) is 1. The zero-order valence-electron chi connectivity index (χ0n) is 18.5. The highest BCUT2D eigenvalue weighted by atomic mass is 35.5. The van der Waals surface area contributed by atoms with Gasteiger partial charge in [0.15, 0.2) is 11.5 Å². The number of halogens is 1. The van der Waals surface area contributed by atoms with Gasteiger partial charge in [0.05, 0.1) is 17.1 Å². The fourth-order valence-corrected chi connectivity index (χ4v) is 6.83. The second-order valence-corrected chi connectivity index (χ2v) is 10.00. The van der Waals surface area contributed by atoms with E-state index < -0.39 is 29.2 Å². The predicted molar refractivity (Wildman–Crippen MR) is 121 cm³/mol. The van der Waals surface area contributed by atoms with E-state index in [0.717, 1.165) is 37.4 Å². The van der Waals surface area contributed by atoms with Crippen LogP contribution in [-0.4, -0.2) is 68.2 Å². The first-order valence-corrected chi connectivity index (χ1v) is 11.7. The average Bonchev–Trinajstić information content (AvgIpc) is 3.07. The second kappa shape index (κ2) is 8.35. The van der Waals surface area contributed by atoms with Crippen molar-refractivity contribution in [2.45, 2.75) is 87.6 Å². The molecule has 1 saturated heterocycles. The Morgan fingerprint density at radius 2 is 1.97 bits per heavy atom. The molecule has 4 N–H and O–H groups in total. The molecular weight excluding hydrogens is 434 g/mol. The van der Waals surface area contributed by atoms with Crippen LogP contribution in [-0.2, 0) is 16.6 Å². The van der Waals surface area contributed by atoms with E-state index in [9.17, 15) is 20.1 Å². The number of carboxylic acid groups (broad SMARTS) is 1. The maximum Gasteiger partial charge on any atom is 0.303 e. The lowest BCUT2D eigenvalue weighted by Gasteiger charge is -2.64. The average molecular weight is 468 g/mol. The quantitative estimate of drug-likeness (QED) is 0.540. The molecule has 2 heterocycles. The van der Waals surface area contributed by atoms with Crippen LogP contribution < -0.4 is 4.74 Å². The number of ether oxygens (including phenoxy) is 1. The number of aliphatic hydroxyl groups excluding tert-OH is 1. The van der Waals surface area contributed by atoms with Gasteiger partial charge in [0.1, 0.15) is 6.10 Å². The van der Waals surface area contributed by atoms with Crippen LogP contribution >= 0.6 is 12.4 Å². The van der Waals surface area contributed by atoms with Crippen molar-refractivity contribution in [3.63, 3.8) is 0 Å². The van der Waals surface area contributed by atoms with Gasteiger partial charge in [0.2, 0.25) is 0 Å². The van der Waals surface area contributed by atoms with Gasteiger partial charge in [-0.2, -0.15) is 0 Å². The van der Waals surface area contributed by atoms with Gasteiger partial charge < -0.3 is 25.2 Å². The van der Waals surface area contributed by atoms with Crippen LogP contribution in [0.25, 0.3) is 0 Å². The van der Waals surface area contributed by atoms with Crippen LogP contribution in [0, 0.1) is 5.92 Å². The number of aromatic hydroxyl groups is 1. The summed E-state index contributed by atoms with van der Waals surface area (Å²) in [4.78, 5) is 11.9. The number of hydrogen-bond acceptors (Lipinski definition) is 6. The van der Waals surface area contributed by atoms with E-state index in [1.165, 1.54) is 24.8 Å². The summed E-state index contributed by atoms with van der Waals surface area (Å²) in [5.41, 5.74) is 0.712. The Balaban J connectivity index is 0.000000372. The SMILES string of the molecule is CCC(=O)O.Cl.Oc1ccc2c3c1O[C@H]1[C@@H](O)CC[C@@]4(O)[C@@H](C2)N(CC2CCC2)CC[C@]314. The number of phenols is 1.